The lowest BCUT2D eigenvalue weighted by Gasteiger charge is -2.33. The van der Waals surface area contributed by atoms with E-state index in [-0.39, 0.29) is 11.9 Å². The lowest BCUT2D eigenvalue weighted by Crippen LogP contribution is -2.45. The molecule has 1 aliphatic carbocycles. The number of carbonyl (C=O) groups excluding carboxylic acids is 1. The Balaban J connectivity index is 1.24. The third-order valence-electron chi connectivity index (χ3n) is 8.11. The average molecular weight is 549 g/mol. The maximum atomic E-state index is 15.0. The van der Waals surface area contributed by atoms with Crippen LogP contribution in [0.5, 0.6) is 0 Å². The number of aromatic nitrogens is 6. The molecule has 0 radical (unpaired) electrons. The lowest BCUT2D eigenvalue weighted by molar-refractivity contribution is -0.127. The zero-order valence-electron chi connectivity index (χ0n) is 22.4. The first kappa shape index (κ1) is 25.3. The molecule has 0 spiro atoms. The maximum absolute atomic E-state index is 15.0. The summed E-state index contributed by atoms with van der Waals surface area (Å²) < 4.78 is 18.6. The van der Waals surface area contributed by atoms with Gasteiger partial charge in [-0.15, -0.1) is 0 Å². The number of rotatable bonds is 6. The van der Waals surface area contributed by atoms with Crippen LogP contribution in [-0.4, -0.2) is 59.2 Å². The van der Waals surface area contributed by atoms with Gasteiger partial charge >= 0.3 is 0 Å². The Morgan fingerprint density at radius 2 is 1.93 bits per heavy atom. The van der Waals surface area contributed by atoms with E-state index >= 15 is 0 Å². The summed E-state index contributed by atoms with van der Waals surface area (Å²) in [5, 5.41) is 8.16. The second kappa shape index (κ2) is 10.4. The van der Waals surface area contributed by atoms with Gasteiger partial charge in [0.05, 0.1) is 5.56 Å². The fourth-order valence-electron chi connectivity index (χ4n) is 6.05. The molecule has 7 rings (SSSR count). The number of halogens is 1. The second-order valence-electron chi connectivity index (χ2n) is 10.5. The number of aryl methyl sites for hydroxylation is 1. The van der Waals surface area contributed by atoms with Gasteiger partial charge in [0, 0.05) is 49.5 Å². The van der Waals surface area contributed by atoms with Crippen molar-refractivity contribution in [1.82, 2.24) is 39.5 Å². The van der Waals surface area contributed by atoms with Crippen molar-refractivity contribution < 1.29 is 9.18 Å². The highest BCUT2D eigenvalue weighted by Gasteiger charge is 2.29. The molecule has 1 fully saturated rings. The fraction of sp³-hybridized carbons (Fsp3) is 0.258. The Labute approximate surface area is 236 Å². The van der Waals surface area contributed by atoms with Gasteiger partial charge < -0.3 is 10.2 Å². The van der Waals surface area contributed by atoms with Crippen LogP contribution in [0.25, 0.3) is 34.1 Å². The number of pyridine rings is 2. The van der Waals surface area contributed by atoms with Crippen molar-refractivity contribution in [1.29, 1.82) is 0 Å². The Morgan fingerprint density at radius 1 is 1.05 bits per heavy atom. The van der Waals surface area contributed by atoms with Gasteiger partial charge in [0.15, 0.2) is 17.3 Å². The van der Waals surface area contributed by atoms with Gasteiger partial charge in [-0.25, -0.2) is 19.6 Å². The SMILES string of the molecule is C=CC(=O)N1CCC(NC2CCc3cc(-n4c(-c5cccnc5F)nc5ccc(-n6cccn6)nc54)ccc32)CC1. The van der Waals surface area contributed by atoms with Crippen molar-refractivity contribution in [3.8, 4) is 22.9 Å². The predicted octanol–water partition coefficient (Wildman–Crippen LogP) is 4.56. The van der Waals surface area contributed by atoms with Crippen LogP contribution in [0.15, 0.2) is 79.8 Å². The van der Waals surface area contributed by atoms with Crippen LogP contribution in [0.1, 0.15) is 36.4 Å². The fourth-order valence-corrected chi connectivity index (χ4v) is 6.05. The molecule has 2 aliphatic rings. The summed E-state index contributed by atoms with van der Waals surface area (Å²) in [6.45, 7) is 5.10. The number of nitrogens with one attached hydrogen (secondary N) is 1. The number of likely N-dealkylation sites (tertiary alicyclic amines) is 1. The normalized spacial score (nSPS) is 17.2. The van der Waals surface area contributed by atoms with Crippen molar-refractivity contribution in [2.45, 2.75) is 37.8 Å². The first-order valence-corrected chi connectivity index (χ1v) is 13.9. The Hall–Kier alpha value is -4.70. The molecule has 1 saturated heterocycles. The highest BCUT2D eigenvalue weighted by molar-refractivity contribution is 5.87. The van der Waals surface area contributed by atoms with Gasteiger partial charge in [-0.1, -0.05) is 12.6 Å². The zero-order chi connectivity index (χ0) is 27.9. The molecule has 4 aromatic heterocycles. The van der Waals surface area contributed by atoms with E-state index in [1.807, 2.05) is 33.9 Å². The summed E-state index contributed by atoms with van der Waals surface area (Å²) in [6, 6.07) is 16.0. The number of nitrogens with zero attached hydrogens (tertiary/aromatic N) is 7. The average Bonchev–Trinajstić information content (AvgIpc) is 3.76. The minimum Gasteiger partial charge on any atom is -0.339 e. The Kier molecular flexibility index (Phi) is 6.39. The smallest absolute Gasteiger partial charge is 0.245 e. The van der Waals surface area contributed by atoms with E-state index in [0.717, 1.165) is 44.5 Å². The van der Waals surface area contributed by atoms with Crippen molar-refractivity contribution in [2.75, 3.05) is 13.1 Å². The molecule has 1 aliphatic heterocycles. The van der Waals surface area contributed by atoms with Crippen molar-refractivity contribution in [3.63, 3.8) is 0 Å². The molecule has 41 heavy (non-hydrogen) atoms. The van der Waals surface area contributed by atoms with Crippen molar-refractivity contribution >= 4 is 17.1 Å². The molecular formula is C31H29FN8O. The molecule has 1 unspecified atom stereocenters. The topological polar surface area (TPSA) is 93.8 Å². The van der Waals surface area contributed by atoms with Crippen LogP contribution >= 0.6 is 0 Å². The molecule has 0 saturated carbocycles. The summed E-state index contributed by atoms with van der Waals surface area (Å²) in [6.07, 6.45) is 10.1. The zero-order valence-corrected chi connectivity index (χ0v) is 22.4. The summed E-state index contributed by atoms with van der Waals surface area (Å²) in [5.41, 5.74) is 4.98. The van der Waals surface area contributed by atoms with Crippen molar-refractivity contribution in [2.24, 2.45) is 0 Å². The Bertz CT molecular complexity index is 1750. The molecule has 1 atom stereocenters. The molecule has 5 heterocycles. The van der Waals surface area contributed by atoms with Gasteiger partial charge in [-0.05, 0) is 85.4 Å². The standard InChI is InChI=1S/C31H29FN8O/c1-2-28(41)38-17-12-21(13-18-38)35-25-9-6-20-19-22(7-8-23(20)25)40-30(24-5-3-14-33-29(24)32)36-26-10-11-27(37-31(26)40)39-16-4-15-34-39/h2-5,7-8,10-11,14-16,19,21,25,35H,1,6,9,12-13,17-18H2. The van der Waals surface area contributed by atoms with Crippen LogP contribution in [0.2, 0.25) is 0 Å². The largest absolute Gasteiger partial charge is 0.339 e. The highest BCUT2D eigenvalue weighted by Crippen LogP contribution is 2.36. The van der Waals surface area contributed by atoms with Crippen LogP contribution in [0, 0.1) is 5.95 Å². The van der Waals surface area contributed by atoms with Crippen LogP contribution in [0.4, 0.5) is 4.39 Å². The number of benzene rings is 1. The van der Waals surface area contributed by atoms with E-state index < -0.39 is 5.95 Å². The summed E-state index contributed by atoms with van der Waals surface area (Å²) in [7, 11) is 0. The van der Waals surface area contributed by atoms with Gasteiger partial charge in [0.1, 0.15) is 5.52 Å². The van der Waals surface area contributed by atoms with Gasteiger partial charge in [-0.3, -0.25) is 9.36 Å². The monoisotopic (exact) mass is 548 g/mol. The van der Waals surface area contributed by atoms with E-state index in [9.17, 15) is 9.18 Å². The Morgan fingerprint density at radius 3 is 2.71 bits per heavy atom. The summed E-state index contributed by atoms with van der Waals surface area (Å²) in [5.74, 6) is 0.519. The maximum Gasteiger partial charge on any atom is 0.245 e. The molecule has 10 heteroatoms. The molecule has 1 N–H and O–H groups in total. The molecule has 206 valence electrons. The molecular weight excluding hydrogens is 519 g/mol. The van der Waals surface area contributed by atoms with Gasteiger partial charge in [0.25, 0.3) is 0 Å². The lowest BCUT2D eigenvalue weighted by atomic mass is 10.0. The van der Waals surface area contributed by atoms with E-state index in [4.69, 9.17) is 9.97 Å². The van der Waals surface area contributed by atoms with Gasteiger partial charge in [-0.2, -0.15) is 9.49 Å². The third kappa shape index (κ3) is 4.59. The highest BCUT2D eigenvalue weighted by atomic mass is 19.1. The minimum absolute atomic E-state index is 0.00554. The summed E-state index contributed by atoms with van der Waals surface area (Å²) in [4.78, 5) is 27.4. The number of hydrogen-bond acceptors (Lipinski definition) is 6. The van der Waals surface area contributed by atoms with Crippen LogP contribution < -0.4 is 5.32 Å². The molecule has 9 nitrogen and oxygen atoms in total. The first-order valence-electron chi connectivity index (χ1n) is 13.9. The van der Waals surface area contributed by atoms with Crippen LogP contribution in [-0.2, 0) is 11.2 Å². The first-order chi connectivity index (χ1) is 20.1. The predicted molar refractivity (Wildman–Crippen MR) is 153 cm³/mol. The number of amides is 1. The van der Waals surface area contributed by atoms with E-state index in [0.29, 0.717) is 34.4 Å². The number of fused-ring (bicyclic) bond motifs is 2. The van der Waals surface area contributed by atoms with E-state index in [2.05, 4.69) is 40.2 Å². The third-order valence-corrected chi connectivity index (χ3v) is 8.11. The van der Waals surface area contributed by atoms with Crippen molar-refractivity contribution in [3.05, 3.63) is 96.9 Å². The molecule has 0 bridgehead atoms. The number of imidazole rings is 1. The second-order valence-corrected chi connectivity index (χ2v) is 10.5. The molecule has 1 amide bonds. The summed E-state index contributed by atoms with van der Waals surface area (Å²) >= 11 is 0. The minimum atomic E-state index is -0.581. The number of hydrogen-bond donors (Lipinski definition) is 1. The molecule has 5 aromatic rings. The van der Waals surface area contributed by atoms with Crippen LogP contribution in [0.3, 0.4) is 0 Å². The number of piperidine rings is 1. The van der Waals surface area contributed by atoms with Gasteiger partial charge in [0.2, 0.25) is 11.9 Å². The van der Waals surface area contributed by atoms with E-state index in [1.54, 1.807) is 23.0 Å². The van der Waals surface area contributed by atoms with E-state index in [1.165, 1.54) is 23.4 Å². The quantitative estimate of drug-likeness (QED) is 0.247. The number of carbonyl (C=O) groups is 1. The molecule has 1 aromatic carbocycles.